The lowest BCUT2D eigenvalue weighted by atomic mass is 10.1. The van der Waals surface area contributed by atoms with Crippen LogP contribution in [0.25, 0.3) is 0 Å². The number of carboxylic acid groups (broad SMARTS) is 2. The Hall–Kier alpha value is -2.69. The lowest BCUT2D eigenvalue weighted by Crippen LogP contribution is -2.52. The topological polar surface area (TPSA) is 188 Å². The minimum atomic E-state index is -1.38. The highest BCUT2D eigenvalue weighted by Crippen LogP contribution is 1.99. The monoisotopic (exact) mass is 332 g/mol. The fourth-order valence-electron chi connectivity index (χ4n) is 1.43. The van der Waals surface area contributed by atoms with Crippen molar-refractivity contribution in [1.29, 1.82) is 0 Å². The van der Waals surface area contributed by atoms with Gasteiger partial charge < -0.3 is 31.9 Å². The van der Waals surface area contributed by atoms with Gasteiger partial charge in [-0.3, -0.25) is 19.2 Å². The van der Waals surface area contributed by atoms with Crippen molar-refractivity contribution in [3.63, 3.8) is 0 Å². The first kappa shape index (κ1) is 20.3. The standard InChI is InChI=1S/C12H20N4O7/c1-6(15-9(18)5-14-8(17)4-13)11(21)16-7(12(22)23)2-3-10(19)20/h6-7H,2-5,13H2,1H3,(H,14,17)(H,15,18)(H,16,21)(H,19,20)(H,22,23). The third kappa shape index (κ3) is 9.03. The van der Waals surface area contributed by atoms with Crippen molar-refractivity contribution < 1.29 is 34.2 Å². The molecule has 0 bridgehead atoms. The van der Waals surface area contributed by atoms with Crippen LogP contribution >= 0.6 is 0 Å². The summed E-state index contributed by atoms with van der Waals surface area (Å²) in [5.74, 6) is -4.57. The molecule has 0 fully saturated rings. The van der Waals surface area contributed by atoms with Crippen LogP contribution in [-0.4, -0.2) is 65.0 Å². The highest BCUT2D eigenvalue weighted by Gasteiger charge is 2.24. The van der Waals surface area contributed by atoms with E-state index in [1.165, 1.54) is 6.92 Å². The van der Waals surface area contributed by atoms with E-state index in [1.54, 1.807) is 0 Å². The Morgan fingerprint density at radius 2 is 1.65 bits per heavy atom. The SMILES string of the molecule is CC(NC(=O)CNC(=O)CN)C(=O)NC(CCC(=O)O)C(=O)O. The van der Waals surface area contributed by atoms with Gasteiger partial charge in [-0.2, -0.15) is 0 Å². The van der Waals surface area contributed by atoms with Crippen LogP contribution in [-0.2, 0) is 24.0 Å². The summed E-state index contributed by atoms with van der Waals surface area (Å²) in [6.07, 6.45) is -0.716. The van der Waals surface area contributed by atoms with E-state index in [1.807, 2.05) is 0 Å². The molecule has 2 unspecified atom stereocenters. The number of nitrogens with one attached hydrogen (secondary N) is 3. The van der Waals surface area contributed by atoms with Crippen LogP contribution in [0.1, 0.15) is 19.8 Å². The normalized spacial score (nSPS) is 12.6. The van der Waals surface area contributed by atoms with Gasteiger partial charge in [-0.05, 0) is 13.3 Å². The molecule has 11 nitrogen and oxygen atoms in total. The van der Waals surface area contributed by atoms with E-state index in [0.717, 1.165) is 0 Å². The quantitative estimate of drug-likeness (QED) is 0.244. The zero-order valence-corrected chi connectivity index (χ0v) is 12.5. The van der Waals surface area contributed by atoms with Gasteiger partial charge in [0, 0.05) is 6.42 Å². The second-order valence-electron chi connectivity index (χ2n) is 4.60. The first-order valence-corrected chi connectivity index (χ1v) is 6.68. The van der Waals surface area contributed by atoms with E-state index in [-0.39, 0.29) is 19.5 Å². The Morgan fingerprint density at radius 3 is 2.13 bits per heavy atom. The van der Waals surface area contributed by atoms with E-state index in [4.69, 9.17) is 15.9 Å². The Labute approximate surface area is 131 Å². The number of carbonyl (C=O) groups is 5. The van der Waals surface area contributed by atoms with E-state index in [9.17, 15) is 24.0 Å². The Balaban J connectivity index is 4.39. The molecule has 0 aromatic rings. The van der Waals surface area contributed by atoms with Gasteiger partial charge in [0.2, 0.25) is 17.7 Å². The molecule has 0 saturated heterocycles. The van der Waals surface area contributed by atoms with Gasteiger partial charge in [0.15, 0.2) is 0 Å². The summed E-state index contributed by atoms with van der Waals surface area (Å²) in [4.78, 5) is 55.5. The minimum Gasteiger partial charge on any atom is -0.481 e. The molecular formula is C12H20N4O7. The summed E-state index contributed by atoms with van der Waals surface area (Å²) < 4.78 is 0. The van der Waals surface area contributed by atoms with Gasteiger partial charge in [-0.15, -0.1) is 0 Å². The highest BCUT2D eigenvalue weighted by atomic mass is 16.4. The summed E-state index contributed by atoms with van der Waals surface area (Å²) >= 11 is 0. The molecule has 3 amide bonds. The van der Waals surface area contributed by atoms with Gasteiger partial charge in [-0.25, -0.2) is 4.79 Å². The number of carboxylic acids is 2. The lowest BCUT2D eigenvalue weighted by Gasteiger charge is -2.18. The van der Waals surface area contributed by atoms with Crippen molar-refractivity contribution in [2.45, 2.75) is 31.8 Å². The second kappa shape index (κ2) is 10.1. The molecule has 0 aromatic heterocycles. The fraction of sp³-hybridized carbons (Fsp3) is 0.583. The first-order chi connectivity index (χ1) is 10.7. The Bertz CT molecular complexity index is 480. The van der Waals surface area contributed by atoms with Gasteiger partial charge in [0.05, 0.1) is 13.1 Å². The smallest absolute Gasteiger partial charge is 0.326 e. The third-order valence-corrected chi connectivity index (χ3v) is 2.66. The largest absolute Gasteiger partial charge is 0.481 e. The Morgan fingerprint density at radius 1 is 1.04 bits per heavy atom. The molecule has 0 aliphatic carbocycles. The summed E-state index contributed by atoms with van der Waals surface area (Å²) in [5.41, 5.74) is 5.04. The van der Waals surface area contributed by atoms with Crippen LogP contribution in [0, 0.1) is 0 Å². The van der Waals surface area contributed by atoms with E-state index >= 15 is 0 Å². The van der Waals surface area contributed by atoms with Crippen molar-refractivity contribution in [3.05, 3.63) is 0 Å². The molecule has 0 saturated carbocycles. The second-order valence-corrected chi connectivity index (χ2v) is 4.60. The van der Waals surface area contributed by atoms with Crippen molar-refractivity contribution in [2.75, 3.05) is 13.1 Å². The molecule has 0 radical (unpaired) electrons. The number of amides is 3. The van der Waals surface area contributed by atoms with Crippen LogP contribution in [0.3, 0.4) is 0 Å². The molecule has 11 heteroatoms. The van der Waals surface area contributed by atoms with Gasteiger partial charge in [0.1, 0.15) is 12.1 Å². The predicted octanol–water partition coefficient (Wildman–Crippen LogP) is -3.00. The molecule has 0 heterocycles. The molecule has 23 heavy (non-hydrogen) atoms. The molecule has 2 atom stereocenters. The van der Waals surface area contributed by atoms with Gasteiger partial charge in [-0.1, -0.05) is 0 Å². The summed E-state index contributed by atoms with van der Waals surface area (Å²) in [7, 11) is 0. The minimum absolute atomic E-state index is 0.285. The number of hydrogen-bond acceptors (Lipinski definition) is 6. The summed E-state index contributed by atoms with van der Waals surface area (Å²) in [6, 6.07) is -2.45. The van der Waals surface area contributed by atoms with Crippen molar-refractivity contribution in [2.24, 2.45) is 5.73 Å². The average Bonchev–Trinajstić information content (AvgIpc) is 2.47. The molecule has 130 valence electrons. The van der Waals surface area contributed by atoms with Crippen molar-refractivity contribution in [1.82, 2.24) is 16.0 Å². The maximum Gasteiger partial charge on any atom is 0.326 e. The van der Waals surface area contributed by atoms with Crippen LogP contribution in [0.2, 0.25) is 0 Å². The number of nitrogens with two attached hydrogens (primary N) is 1. The molecule has 0 aliphatic rings. The van der Waals surface area contributed by atoms with Gasteiger partial charge >= 0.3 is 11.9 Å². The molecule has 0 rings (SSSR count). The third-order valence-electron chi connectivity index (χ3n) is 2.66. The predicted molar refractivity (Wildman–Crippen MR) is 76.1 cm³/mol. The van der Waals surface area contributed by atoms with Crippen molar-refractivity contribution in [3.8, 4) is 0 Å². The zero-order chi connectivity index (χ0) is 18.0. The summed E-state index contributed by atoms with van der Waals surface area (Å²) in [6.45, 7) is 0.649. The molecule has 0 aliphatic heterocycles. The van der Waals surface area contributed by atoms with E-state index in [0.29, 0.717) is 0 Å². The molecule has 7 N–H and O–H groups in total. The molecule has 0 aromatic carbocycles. The van der Waals surface area contributed by atoms with Crippen LogP contribution < -0.4 is 21.7 Å². The summed E-state index contributed by atoms with van der Waals surface area (Å²) in [5, 5.41) is 24.0. The van der Waals surface area contributed by atoms with E-state index < -0.39 is 48.2 Å². The first-order valence-electron chi connectivity index (χ1n) is 6.68. The number of rotatable bonds is 10. The van der Waals surface area contributed by atoms with Crippen LogP contribution in [0.5, 0.6) is 0 Å². The van der Waals surface area contributed by atoms with Crippen LogP contribution in [0.15, 0.2) is 0 Å². The number of aliphatic carboxylic acids is 2. The maximum absolute atomic E-state index is 11.8. The Kier molecular flexibility index (Phi) is 8.92. The molecule has 0 spiro atoms. The van der Waals surface area contributed by atoms with Crippen LogP contribution in [0.4, 0.5) is 0 Å². The highest BCUT2D eigenvalue weighted by molar-refractivity contribution is 5.91. The fourth-order valence-corrected chi connectivity index (χ4v) is 1.43. The maximum atomic E-state index is 11.8. The van der Waals surface area contributed by atoms with Crippen molar-refractivity contribution >= 4 is 29.7 Å². The molecular weight excluding hydrogens is 312 g/mol. The zero-order valence-electron chi connectivity index (χ0n) is 12.5. The number of hydrogen-bond donors (Lipinski definition) is 6. The number of carbonyl (C=O) groups excluding carboxylic acids is 3. The van der Waals surface area contributed by atoms with Gasteiger partial charge in [0.25, 0.3) is 0 Å². The average molecular weight is 332 g/mol. The lowest BCUT2D eigenvalue weighted by molar-refractivity contribution is -0.143. The van der Waals surface area contributed by atoms with E-state index in [2.05, 4.69) is 16.0 Å².